The highest BCUT2D eigenvalue weighted by atomic mass is 16.5. The van der Waals surface area contributed by atoms with Gasteiger partial charge in [-0.3, -0.25) is 0 Å². The molecule has 0 atom stereocenters. The monoisotopic (exact) mass is 262 g/mol. The first-order valence-corrected chi connectivity index (χ1v) is 6.07. The first-order valence-electron chi connectivity index (χ1n) is 6.07. The molecule has 0 bridgehead atoms. The molecule has 1 heterocycles. The number of aromatic nitrogens is 2. The van der Waals surface area contributed by atoms with Gasteiger partial charge in [-0.1, -0.05) is 0 Å². The van der Waals surface area contributed by atoms with Crippen LogP contribution in [0, 0.1) is 6.92 Å². The Morgan fingerprint density at radius 1 is 1.26 bits per heavy atom. The zero-order chi connectivity index (χ0) is 13.8. The van der Waals surface area contributed by atoms with Gasteiger partial charge in [0.25, 0.3) is 0 Å². The minimum Gasteiger partial charge on any atom is -0.497 e. The van der Waals surface area contributed by atoms with Gasteiger partial charge in [-0.2, -0.15) is 0 Å². The summed E-state index contributed by atoms with van der Waals surface area (Å²) < 4.78 is 10.6. The van der Waals surface area contributed by atoms with Crippen molar-refractivity contribution in [3.63, 3.8) is 0 Å². The number of aryl methyl sites for hydroxylation is 1. The van der Waals surface area contributed by atoms with Crippen molar-refractivity contribution in [2.24, 2.45) is 0 Å². The van der Waals surface area contributed by atoms with Crippen molar-refractivity contribution < 1.29 is 14.6 Å². The Morgan fingerprint density at radius 3 is 2.68 bits per heavy atom. The predicted octanol–water partition coefficient (Wildman–Crippen LogP) is 1.94. The van der Waals surface area contributed by atoms with E-state index >= 15 is 0 Å². The zero-order valence-electron chi connectivity index (χ0n) is 11.4. The molecule has 0 unspecified atom stereocenters. The Morgan fingerprint density at radius 2 is 2.05 bits per heavy atom. The largest absolute Gasteiger partial charge is 0.497 e. The Hall–Kier alpha value is -2.01. The van der Waals surface area contributed by atoms with Crippen molar-refractivity contribution in [3.8, 4) is 22.8 Å². The van der Waals surface area contributed by atoms with Crippen LogP contribution in [-0.4, -0.2) is 35.9 Å². The number of H-pyrrole nitrogens is 1. The van der Waals surface area contributed by atoms with E-state index in [1.807, 2.05) is 19.1 Å². The van der Waals surface area contributed by atoms with Gasteiger partial charge in [0.05, 0.1) is 32.7 Å². The van der Waals surface area contributed by atoms with Crippen molar-refractivity contribution in [2.75, 3.05) is 20.8 Å². The average molecular weight is 262 g/mol. The molecular formula is C14H18N2O3. The second-order valence-corrected chi connectivity index (χ2v) is 4.24. The van der Waals surface area contributed by atoms with Gasteiger partial charge in [-0.15, -0.1) is 0 Å². The van der Waals surface area contributed by atoms with Crippen molar-refractivity contribution in [1.82, 2.24) is 9.97 Å². The molecule has 0 aliphatic heterocycles. The summed E-state index contributed by atoms with van der Waals surface area (Å²) in [6, 6.07) is 3.79. The topological polar surface area (TPSA) is 67.4 Å². The Bertz CT molecular complexity index is 564. The first-order chi connectivity index (χ1) is 9.19. The quantitative estimate of drug-likeness (QED) is 0.864. The third kappa shape index (κ3) is 2.71. The number of hydrogen-bond donors (Lipinski definition) is 2. The molecule has 0 fully saturated rings. The molecule has 2 aromatic rings. The summed E-state index contributed by atoms with van der Waals surface area (Å²) in [5.41, 5.74) is 2.87. The molecule has 5 nitrogen and oxygen atoms in total. The van der Waals surface area contributed by atoms with E-state index in [1.165, 1.54) is 0 Å². The summed E-state index contributed by atoms with van der Waals surface area (Å²) >= 11 is 0. The van der Waals surface area contributed by atoms with E-state index in [-0.39, 0.29) is 6.61 Å². The summed E-state index contributed by atoms with van der Waals surface area (Å²) in [6.45, 7) is 2.07. The molecule has 19 heavy (non-hydrogen) atoms. The fourth-order valence-corrected chi connectivity index (χ4v) is 2.07. The SMILES string of the molecule is COc1cc(C)c(-c2cnc(CCO)[nH]2)c(OC)c1. The summed E-state index contributed by atoms with van der Waals surface area (Å²) in [6.07, 6.45) is 2.26. The number of hydrogen-bond acceptors (Lipinski definition) is 4. The van der Waals surface area contributed by atoms with E-state index in [0.29, 0.717) is 6.42 Å². The number of imidazole rings is 1. The van der Waals surface area contributed by atoms with E-state index in [2.05, 4.69) is 9.97 Å². The van der Waals surface area contributed by atoms with Crippen LogP contribution in [0.5, 0.6) is 11.5 Å². The van der Waals surface area contributed by atoms with Gasteiger partial charge in [0, 0.05) is 18.1 Å². The lowest BCUT2D eigenvalue weighted by atomic mass is 10.0. The van der Waals surface area contributed by atoms with Crippen LogP contribution in [0.1, 0.15) is 11.4 Å². The number of ether oxygens (including phenoxy) is 2. The fourth-order valence-electron chi connectivity index (χ4n) is 2.07. The molecule has 1 aromatic carbocycles. The summed E-state index contributed by atoms with van der Waals surface area (Å²) in [5.74, 6) is 2.25. The molecule has 2 N–H and O–H groups in total. The standard InChI is InChI=1S/C14H18N2O3/c1-9-6-10(18-2)7-12(19-3)14(9)11-8-15-13(16-11)4-5-17/h6-8,17H,4-5H2,1-3H3,(H,15,16). The van der Waals surface area contributed by atoms with Crippen LogP contribution in [0.15, 0.2) is 18.3 Å². The lowest BCUT2D eigenvalue weighted by Crippen LogP contribution is -1.95. The molecule has 102 valence electrons. The minimum absolute atomic E-state index is 0.0751. The van der Waals surface area contributed by atoms with Crippen LogP contribution in [0.25, 0.3) is 11.3 Å². The molecule has 0 amide bonds. The van der Waals surface area contributed by atoms with E-state index in [4.69, 9.17) is 14.6 Å². The van der Waals surface area contributed by atoms with Crippen molar-refractivity contribution in [3.05, 3.63) is 29.7 Å². The van der Waals surface area contributed by atoms with Crippen molar-refractivity contribution in [1.29, 1.82) is 0 Å². The van der Waals surface area contributed by atoms with Gasteiger partial charge in [-0.25, -0.2) is 4.98 Å². The van der Waals surface area contributed by atoms with Crippen LogP contribution in [0.2, 0.25) is 0 Å². The molecule has 2 rings (SSSR count). The molecule has 0 spiro atoms. The summed E-state index contributed by atoms with van der Waals surface area (Å²) in [5, 5.41) is 8.92. The first kappa shape index (κ1) is 13.4. The van der Waals surface area contributed by atoms with E-state index in [1.54, 1.807) is 20.4 Å². The highest BCUT2D eigenvalue weighted by Crippen LogP contribution is 2.35. The molecule has 5 heteroatoms. The predicted molar refractivity (Wildman–Crippen MR) is 72.7 cm³/mol. The number of benzene rings is 1. The highest BCUT2D eigenvalue weighted by molar-refractivity contribution is 5.72. The third-order valence-electron chi connectivity index (χ3n) is 2.97. The van der Waals surface area contributed by atoms with Gasteiger partial charge in [0.1, 0.15) is 17.3 Å². The molecule has 0 radical (unpaired) electrons. The van der Waals surface area contributed by atoms with Crippen LogP contribution in [-0.2, 0) is 6.42 Å². The number of aromatic amines is 1. The number of rotatable bonds is 5. The minimum atomic E-state index is 0.0751. The van der Waals surface area contributed by atoms with Crippen LogP contribution in [0.4, 0.5) is 0 Å². The Kier molecular flexibility index (Phi) is 4.06. The molecule has 0 saturated carbocycles. The van der Waals surface area contributed by atoms with E-state index in [9.17, 15) is 0 Å². The third-order valence-corrected chi connectivity index (χ3v) is 2.97. The lowest BCUT2D eigenvalue weighted by molar-refractivity contribution is 0.297. The number of nitrogens with one attached hydrogen (secondary N) is 1. The van der Waals surface area contributed by atoms with Gasteiger partial charge >= 0.3 is 0 Å². The van der Waals surface area contributed by atoms with Gasteiger partial charge in [0.2, 0.25) is 0 Å². The van der Waals surface area contributed by atoms with Gasteiger partial charge in [0.15, 0.2) is 0 Å². The highest BCUT2D eigenvalue weighted by Gasteiger charge is 2.14. The average Bonchev–Trinajstić information content (AvgIpc) is 2.86. The van der Waals surface area contributed by atoms with Crippen molar-refractivity contribution in [2.45, 2.75) is 13.3 Å². The van der Waals surface area contributed by atoms with E-state index in [0.717, 1.165) is 34.1 Å². The molecule has 0 aliphatic carbocycles. The number of aliphatic hydroxyl groups excluding tert-OH is 1. The van der Waals surface area contributed by atoms with Gasteiger partial charge in [-0.05, 0) is 18.6 Å². The number of methoxy groups -OCH3 is 2. The van der Waals surface area contributed by atoms with E-state index < -0.39 is 0 Å². The van der Waals surface area contributed by atoms with Crippen molar-refractivity contribution >= 4 is 0 Å². The Labute approximate surface area is 112 Å². The molecular weight excluding hydrogens is 244 g/mol. The second kappa shape index (κ2) is 5.75. The maximum Gasteiger partial charge on any atom is 0.132 e. The fraction of sp³-hybridized carbons (Fsp3) is 0.357. The van der Waals surface area contributed by atoms with Crippen LogP contribution < -0.4 is 9.47 Å². The van der Waals surface area contributed by atoms with Crippen LogP contribution >= 0.6 is 0 Å². The second-order valence-electron chi connectivity index (χ2n) is 4.24. The number of aliphatic hydroxyl groups is 1. The summed E-state index contributed by atoms with van der Waals surface area (Å²) in [7, 11) is 3.26. The number of nitrogens with zero attached hydrogens (tertiary/aromatic N) is 1. The zero-order valence-corrected chi connectivity index (χ0v) is 11.4. The lowest BCUT2D eigenvalue weighted by Gasteiger charge is -2.12. The van der Waals surface area contributed by atoms with Gasteiger partial charge < -0.3 is 19.6 Å². The molecule has 0 aliphatic rings. The maximum atomic E-state index is 8.92. The smallest absolute Gasteiger partial charge is 0.132 e. The normalized spacial score (nSPS) is 10.5. The molecule has 0 saturated heterocycles. The molecule has 1 aromatic heterocycles. The maximum absolute atomic E-state index is 8.92. The Balaban J connectivity index is 2.47. The summed E-state index contributed by atoms with van der Waals surface area (Å²) in [4.78, 5) is 7.43. The van der Waals surface area contributed by atoms with Crippen LogP contribution in [0.3, 0.4) is 0 Å².